The van der Waals surface area contributed by atoms with Crippen LogP contribution in [0.25, 0.3) is 0 Å². The zero-order valence-corrected chi connectivity index (χ0v) is 6.84. The number of carbonyl (C=O) groups excluding carboxylic acids is 1. The van der Waals surface area contributed by atoms with Crippen molar-refractivity contribution in [2.45, 2.75) is 0 Å². The summed E-state index contributed by atoms with van der Waals surface area (Å²) in [6.45, 7) is -0.113. The molecule has 12 heavy (non-hydrogen) atoms. The molecule has 0 amide bonds. The van der Waals surface area contributed by atoms with Crippen LogP contribution in [-0.4, -0.2) is 17.3 Å². The zero-order valence-electron chi connectivity index (χ0n) is 6.02. The molecule has 0 fully saturated rings. The van der Waals surface area contributed by atoms with Crippen LogP contribution in [0, 0.1) is 10.1 Å². The lowest BCUT2D eigenvalue weighted by Gasteiger charge is -1.86. The highest BCUT2D eigenvalue weighted by molar-refractivity contribution is 7.12. The van der Waals surface area contributed by atoms with Crippen LogP contribution in [-0.2, 0) is 0 Å². The molecular weight excluding hydrogens is 180 g/mol. The molecule has 5 nitrogen and oxygen atoms in total. The SMILES string of the molecule is NCC(=O)c1cc([N+](=O)[O-])cs1. The quantitative estimate of drug-likeness (QED) is 0.429. The van der Waals surface area contributed by atoms with E-state index in [1.807, 2.05) is 0 Å². The van der Waals surface area contributed by atoms with Crippen LogP contribution < -0.4 is 5.73 Å². The molecule has 0 unspecified atom stereocenters. The van der Waals surface area contributed by atoms with Gasteiger partial charge in [-0.15, -0.1) is 11.3 Å². The zero-order chi connectivity index (χ0) is 9.14. The summed E-state index contributed by atoms with van der Waals surface area (Å²) >= 11 is 1.04. The summed E-state index contributed by atoms with van der Waals surface area (Å²) < 4.78 is 0. The van der Waals surface area contributed by atoms with E-state index in [0.29, 0.717) is 4.88 Å². The molecule has 64 valence electrons. The van der Waals surface area contributed by atoms with Gasteiger partial charge < -0.3 is 5.73 Å². The number of carbonyl (C=O) groups is 1. The first-order valence-electron chi connectivity index (χ1n) is 3.11. The molecule has 0 aliphatic rings. The fourth-order valence-corrected chi connectivity index (χ4v) is 1.47. The number of hydrogen-bond acceptors (Lipinski definition) is 5. The van der Waals surface area contributed by atoms with E-state index in [9.17, 15) is 14.9 Å². The minimum Gasteiger partial charge on any atom is -0.324 e. The number of thiophene rings is 1. The molecule has 1 heterocycles. The summed E-state index contributed by atoms with van der Waals surface area (Å²) in [6.07, 6.45) is 0. The monoisotopic (exact) mass is 186 g/mol. The van der Waals surface area contributed by atoms with Gasteiger partial charge in [-0.05, 0) is 0 Å². The largest absolute Gasteiger partial charge is 0.324 e. The van der Waals surface area contributed by atoms with Gasteiger partial charge >= 0.3 is 0 Å². The number of nitrogens with two attached hydrogens (primary N) is 1. The maximum Gasteiger partial charge on any atom is 0.280 e. The number of Topliss-reactive ketones (excluding diaryl/α,β-unsaturated/α-hetero) is 1. The smallest absolute Gasteiger partial charge is 0.280 e. The lowest BCUT2D eigenvalue weighted by Crippen LogP contribution is -2.11. The minimum absolute atomic E-state index is 0.0585. The number of hydrogen-bond donors (Lipinski definition) is 1. The Kier molecular flexibility index (Phi) is 2.51. The van der Waals surface area contributed by atoms with E-state index in [1.54, 1.807) is 0 Å². The van der Waals surface area contributed by atoms with E-state index in [1.165, 1.54) is 11.4 Å². The van der Waals surface area contributed by atoms with Crippen LogP contribution in [0.3, 0.4) is 0 Å². The Morgan fingerprint density at radius 2 is 2.42 bits per heavy atom. The average Bonchev–Trinajstić information content (AvgIpc) is 2.51. The lowest BCUT2D eigenvalue weighted by molar-refractivity contribution is -0.384. The highest BCUT2D eigenvalue weighted by atomic mass is 32.1. The van der Waals surface area contributed by atoms with Crippen LogP contribution in [0.2, 0.25) is 0 Å². The molecule has 0 saturated carbocycles. The van der Waals surface area contributed by atoms with Crippen molar-refractivity contribution in [2.75, 3.05) is 6.54 Å². The van der Waals surface area contributed by atoms with Crippen molar-refractivity contribution in [3.05, 3.63) is 26.4 Å². The molecule has 1 aromatic heterocycles. The third kappa shape index (κ3) is 1.66. The number of nitro groups is 1. The maximum atomic E-state index is 10.9. The van der Waals surface area contributed by atoms with Crippen molar-refractivity contribution in [3.8, 4) is 0 Å². The highest BCUT2D eigenvalue weighted by Crippen LogP contribution is 2.21. The first-order chi connectivity index (χ1) is 5.65. The Bertz CT molecular complexity index is 320. The second-order valence-corrected chi connectivity index (χ2v) is 2.96. The van der Waals surface area contributed by atoms with Crippen LogP contribution in [0.1, 0.15) is 9.67 Å². The Hall–Kier alpha value is -1.27. The molecular formula is C6H6N2O3S. The van der Waals surface area contributed by atoms with Crippen LogP contribution in [0.5, 0.6) is 0 Å². The molecule has 2 N–H and O–H groups in total. The molecule has 0 aromatic carbocycles. The Morgan fingerprint density at radius 1 is 1.75 bits per heavy atom. The van der Waals surface area contributed by atoms with Crippen LogP contribution >= 0.6 is 11.3 Å². The summed E-state index contributed by atoms with van der Waals surface area (Å²) in [5.74, 6) is -0.270. The number of ketones is 1. The first-order valence-corrected chi connectivity index (χ1v) is 3.99. The lowest BCUT2D eigenvalue weighted by atomic mass is 10.3. The van der Waals surface area contributed by atoms with Gasteiger partial charge in [-0.2, -0.15) is 0 Å². The van der Waals surface area contributed by atoms with Crippen molar-refractivity contribution in [1.82, 2.24) is 0 Å². The fourth-order valence-electron chi connectivity index (χ4n) is 0.669. The summed E-state index contributed by atoms with van der Waals surface area (Å²) in [4.78, 5) is 20.9. The summed E-state index contributed by atoms with van der Waals surface area (Å²) in [6, 6.07) is 1.24. The van der Waals surface area contributed by atoms with Crippen molar-refractivity contribution in [3.63, 3.8) is 0 Å². The standard InChI is InChI=1S/C6H6N2O3S/c7-2-5(9)6-1-4(3-12-6)8(10)11/h1,3H,2,7H2. The van der Waals surface area contributed by atoms with Gasteiger partial charge in [0.25, 0.3) is 5.69 Å². The van der Waals surface area contributed by atoms with Gasteiger partial charge in [0.05, 0.1) is 21.7 Å². The number of rotatable bonds is 3. The molecule has 0 spiro atoms. The fraction of sp³-hybridized carbons (Fsp3) is 0.167. The minimum atomic E-state index is -0.538. The van der Waals surface area contributed by atoms with E-state index in [4.69, 9.17) is 5.73 Å². The second-order valence-electron chi connectivity index (χ2n) is 2.05. The van der Waals surface area contributed by atoms with Crippen molar-refractivity contribution in [1.29, 1.82) is 0 Å². The van der Waals surface area contributed by atoms with E-state index >= 15 is 0 Å². The molecule has 0 bridgehead atoms. The first kappa shape index (κ1) is 8.82. The third-order valence-electron chi connectivity index (χ3n) is 1.26. The topological polar surface area (TPSA) is 86.2 Å². The summed E-state index contributed by atoms with van der Waals surface area (Å²) in [7, 11) is 0. The van der Waals surface area contributed by atoms with Crippen LogP contribution in [0.15, 0.2) is 11.4 Å². The molecule has 0 saturated heterocycles. The van der Waals surface area contributed by atoms with E-state index in [2.05, 4.69) is 0 Å². The van der Waals surface area contributed by atoms with Crippen molar-refractivity contribution in [2.24, 2.45) is 5.73 Å². The predicted octanol–water partition coefficient (Wildman–Crippen LogP) is 0.798. The molecule has 6 heteroatoms. The van der Waals surface area contributed by atoms with Gasteiger partial charge in [-0.1, -0.05) is 0 Å². The van der Waals surface area contributed by atoms with Crippen molar-refractivity contribution >= 4 is 22.8 Å². The van der Waals surface area contributed by atoms with Gasteiger partial charge in [-0.3, -0.25) is 14.9 Å². The van der Waals surface area contributed by atoms with Gasteiger partial charge in [-0.25, -0.2) is 0 Å². The summed E-state index contributed by atoms with van der Waals surface area (Å²) in [5.41, 5.74) is 5.02. The van der Waals surface area contributed by atoms with E-state index in [0.717, 1.165) is 11.3 Å². The summed E-state index contributed by atoms with van der Waals surface area (Å²) in [5, 5.41) is 11.5. The molecule has 1 rings (SSSR count). The predicted molar refractivity (Wildman–Crippen MR) is 44.4 cm³/mol. The molecule has 0 atom stereocenters. The van der Waals surface area contributed by atoms with Crippen LogP contribution in [0.4, 0.5) is 5.69 Å². The van der Waals surface area contributed by atoms with Crippen molar-refractivity contribution < 1.29 is 9.72 Å². The normalized spacial score (nSPS) is 9.75. The number of nitrogens with zero attached hydrogens (tertiary/aromatic N) is 1. The molecule has 1 aromatic rings. The Labute approximate surface area is 72.0 Å². The Morgan fingerprint density at radius 3 is 2.83 bits per heavy atom. The maximum absolute atomic E-state index is 10.9. The van der Waals surface area contributed by atoms with E-state index < -0.39 is 4.92 Å². The van der Waals surface area contributed by atoms with Gasteiger partial charge in [0, 0.05) is 6.07 Å². The van der Waals surface area contributed by atoms with Gasteiger partial charge in [0.2, 0.25) is 0 Å². The van der Waals surface area contributed by atoms with E-state index in [-0.39, 0.29) is 18.0 Å². The average molecular weight is 186 g/mol. The second kappa shape index (κ2) is 3.42. The highest BCUT2D eigenvalue weighted by Gasteiger charge is 2.13. The molecule has 0 radical (unpaired) electrons. The third-order valence-corrected chi connectivity index (χ3v) is 2.22. The van der Waals surface area contributed by atoms with Gasteiger partial charge in [0.15, 0.2) is 5.78 Å². The molecule has 0 aliphatic carbocycles. The molecule has 0 aliphatic heterocycles. The van der Waals surface area contributed by atoms with Gasteiger partial charge in [0.1, 0.15) is 0 Å². The Balaban J connectivity index is 2.91.